The molecule has 1 aliphatic rings. The molecular formula is C25H30N4O3. The van der Waals surface area contributed by atoms with Crippen LogP contribution in [0.5, 0.6) is 0 Å². The molecule has 0 aliphatic carbocycles. The molecule has 7 nitrogen and oxygen atoms in total. The lowest BCUT2D eigenvalue weighted by atomic mass is 9.96. The molecule has 7 heteroatoms. The predicted molar refractivity (Wildman–Crippen MR) is 126 cm³/mol. The summed E-state index contributed by atoms with van der Waals surface area (Å²) < 4.78 is 11.8. The van der Waals surface area contributed by atoms with Crippen molar-refractivity contribution in [3.63, 3.8) is 0 Å². The van der Waals surface area contributed by atoms with Crippen LogP contribution in [0, 0.1) is 0 Å². The molecule has 0 radical (unpaired) electrons. The topological polar surface area (TPSA) is 80.5 Å². The van der Waals surface area contributed by atoms with Gasteiger partial charge in [-0.15, -0.1) is 0 Å². The number of carbonyl (C=O) groups excluding carboxylic acids is 1. The highest BCUT2D eigenvalue weighted by molar-refractivity contribution is 6.04. The zero-order chi connectivity index (χ0) is 22.9. The maximum atomic E-state index is 12.5. The molecule has 0 unspecified atom stereocenters. The SMILES string of the molecule is CC(C)Nc1ncnc2oc(C3=CCN(C(=O)OC(C)(C)C)CC3)c(-c3ccccc3)c12. The quantitative estimate of drug-likeness (QED) is 0.564. The van der Waals surface area contributed by atoms with Crippen LogP contribution in [-0.2, 0) is 4.74 Å². The number of ether oxygens (including phenoxy) is 1. The minimum atomic E-state index is -0.515. The number of amides is 1. The van der Waals surface area contributed by atoms with Gasteiger partial charge in [-0.25, -0.2) is 14.8 Å². The fourth-order valence-electron chi connectivity index (χ4n) is 3.79. The minimum Gasteiger partial charge on any atom is -0.444 e. The molecule has 0 atom stereocenters. The highest BCUT2D eigenvalue weighted by Gasteiger charge is 2.28. The first kappa shape index (κ1) is 21.9. The van der Waals surface area contributed by atoms with Gasteiger partial charge in [-0.05, 0) is 52.2 Å². The Morgan fingerprint density at radius 2 is 1.94 bits per heavy atom. The second-order valence-electron chi connectivity index (χ2n) is 9.28. The van der Waals surface area contributed by atoms with E-state index in [2.05, 4.69) is 41.3 Å². The van der Waals surface area contributed by atoms with Gasteiger partial charge in [0, 0.05) is 24.7 Å². The molecule has 1 N–H and O–H groups in total. The average Bonchev–Trinajstić information content (AvgIpc) is 3.13. The van der Waals surface area contributed by atoms with Crippen molar-refractivity contribution in [1.82, 2.24) is 14.9 Å². The van der Waals surface area contributed by atoms with Crippen molar-refractivity contribution in [2.75, 3.05) is 18.4 Å². The lowest BCUT2D eigenvalue weighted by Crippen LogP contribution is -2.39. The lowest BCUT2D eigenvalue weighted by Gasteiger charge is -2.29. The summed E-state index contributed by atoms with van der Waals surface area (Å²) in [5.74, 6) is 1.54. The second-order valence-corrected chi connectivity index (χ2v) is 9.28. The van der Waals surface area contributed by atoms with E-state index in [1.807, 2.05) is 45.0 Å². The number of nitrogens with zero attached hydrogens (tertiary/aromatic N) is 3. The Balaban J connectivity index is 1.76. The second kappa shape index (κ2) is 8.65. The standard InChI is InChI=1S/C25H30N4O3/c1-16(2)28-22-20-19(17-9-7-6-8-10-17)21(31-23(20)27-15-26-22)18-11-13-29(14-12-18)24(30)32-25(3,4)5/h6-11,15-16H,12-14H2,1-5H3,(H,26,27,28). The molecule has 0 bridgehead atoms. The molecule has 1 aliphatic heterocycles. The van der Waals surface area contributed by atoms with Gasteiger partial charge in [0.05, 0.1) is 5.39 Å². The van der Waals surface area contributed by atoms with E-state index in [-0.39, 0.29) is 12.1 Å². The maximum Gasteiger partial charge on any atom is 0.410 e. The number of nitrogens with one attached hydrogen (secondary N) is 1. The van der Waals surface area contributed by atoms with E-state index in [0.717, 1.165) is 33.7 Å². The smallest absolute Gasteiger partial charge is 0.410 e. The predicted octanol–water partition coefficient (Wildman–Crippen LogP) is 5.73. The summed E-state index contributed by atoms with van der Waals surface area (Å²) in [6.07, 6.45) is 3.93. The van der Waals surface area contributed by atoms with Crippen LogP contribution in [0.2, 0.25) is 0 Å². The highest BCUT2D eigenvalue weighted by atomic mass is 16.6. The molecular weight excluding hydrogens is 404 g/mol. The van der Waals surface area contributed by atoms with Crippen molar-refractivity contribution < 1.29 is 13.9 Å². The third kappa shape index (κ3) is 4.61. The number of rotatable bonds is 4. The zero-order valence-corrected chi connectivity index (χ0v) is 19.3. The van der Waals surface area contributed by atoms with Gasteiger partial charge in [0.2, 0.25) is 5.71 Å². The van der Waals surface area contributed by atoms with Gasteiger partial charge in [0.1, 0.15) is 23.5 Å². The molecule has 0 fully saturated rings. The van der Waals surface area contributed by atoms with Gasteiger partial charge < -0.3 is 19.4 Å². The van der Waals surface area contributed by atoms with Crippen molar-refractivity contribution in [3.05, 3.63) is 48.5 Å². The molecule has 1 aromatic carbocycles. The van der Waals surface area contributed by atoms with E-state index in [1.165, 1.54) is 6.33 Å². The van der Waals surface area contributed by atoms with Gasteiger partial charge in [0.25, 0.3) is 0 Å². The molecule has 3 heterocycles. The maximum absolute atomic E-state index is 12.5. The Kier molecular flexibility index (Phi) is 5.91. The highest BCUT2D eigenvalue weighted by Crippen LogP contribution is 2.42. The lowest BCUT2D eigenvalue weighted by molar-refractivity contribution is 0.0270. The van der Waals surface area contributed by atoms with Crippen LogP contribution < -0.4 is 5.32 Å². The molecule has 0 saturated carbocycles. The van der Waals surface area contributed by atoms with E-state index in [9.17, 15) is 4.79 Å². The van der Waals surface area contributed by atoms with E-state index < -0.39 is 5.60 Å². The zero-order valence-electron chi connectivity index (χ0n) is 19.3. The Morgan fingerprint density at radius 3 is 2.56 bits per heavy atom. The average molecular weight is 435 g/mol. The summed E-state index contributed by atoms with van der Waals surface area (Å²) in [6.45, 7) is 10.8. The third-order valence-corrected chi connectivity index (χ3v) is 5.13. The minimum absolute atomic E-state index is 0.214. The Bertz CT molecular complexity index is 1140. The first-order valence-corrected chi connectivity index (χ1v) is 11.0. The number of anilines is 1. The van der Waals surface area contributed by atoms with Crippen molar-refractivity contribution in [2.24, 2.45) is 0 Å². The van der Waals surface area contributed by atoms with E-state index >= 15 is 0 Å². The summed E-state index contributed by atoms with van der Waals surface area (Å²) in [7, 11) is 0. The van der Waals surface area contributed by atoms with Crippen LogP contribution in [0.1, 0.15) is 46.8 Å². The third-order valence-electron chi connectivity index (χ3n) is 5.13. The first-order valence-electron chi connectivity index (χ1n) is 11.0. The van der Waals surface area contributed by atoms with Crippen LogP contribution in [0.3, 0.4) is 0 Å². The summed E-state index contributed by atoms with van der Waals surface area (Å²) in [5, 5.41) is 4.29. The van der Waals surface area contributed by atoms with Gasteiger partial charge in [0.15, 0.2) is 0 Å². The van der Waals surface area contributed by atoms with E-state index in [1.54, 1.807) is 4.90 Å². The number of aromatic nitrogens is 2. The summed E-state index contributed by atoms with van der Waals surface area (Å²) >= 11 is 0. The van der Waals surface area contributed by atoms with Crippen LogP contribution in [0.25, 0.3) is 27.8 Å². The number of benzene rings is 1. The molecule has 3 aromatic rings. The number of carbonyl (C=O) groups is 1. The first-order chi connectivity index (χ1) is 15.2. The Labute approximate surface area is 188 Å². The molecule has 2 aromatic heterocycles. The molecule has 0 spiro atoms. The van der Waals surface area contributed by atoms with Crippen LogP contribution in [-0.4, -0.2) is 45.7 Å². The largest absolute Gasteiger partial charge is 0.444 e. The van der Waals surface area contributed by atoms with Gasteiger partial charge in [-0.2, -0.15) is 0 Å². The fourth-order valence-corrected chi connectivity index (χ4v) is 3.79. The van der Waals surface area contributed by atoms with Crippen molar-refractivity contribution >= 4 is 28.6 Å². The van der Waals surface area contributed by atoms with Crippen molar-refractivity contribution in [3.8, 4) is 11.1 Å². The van der Waals surface area contributed by atoms with E-state index in [4.69, 9.17) is 9.15 Å². The monoisotopic (exact) mass is 434 g/mol. The van der Waals surface area contributed by atoms with Crippen molar-refractivity contribution in [1.29, 1.82) is 0 Å². The number of hydrogen-bond acceptors (Lipinski definition) is 6. The summed E-state index contributed by atoms with van der Waals surface area (Å²) in [5.41, 5.74) is 3.10. The number of hydrogen-bond donors (Lipinski definition) is 1. The van der Waals surface area contributed by atoms with Crippen LogP contribution in [0.15, 0.2) is 47.2 Å². The molecule has 4 rings (SSSR count). The number of furan rings is 1. The molecule has 1 amide bonds. The van der Waals surface area contributed by atoms with Crippen LogP contribution in [0.4, 0.5) is 10.6 Å². The van der Waals surface area contributed by atoms with Crippen molar-refractivity contribution in [2.45, 2.75) is 52.7 Å². The van der Waals surface area contributed by atoms with Gasteiger partial charge >= 0.3 is 6.09 Å². The van der Waals surface area contributed by atoms with Gasteiger partial charge in [-0.1, -0.05) is 36.4 Å². The molecule has 32 heavy (non-hydrogen) atoms. The fraction of sp³-hybridized carbons (Fsp3) is 0.400. The summed E-state index contributed by atoms with van der Waals surface area (Å²) in [4.78, 5) is 23.1. The number of fused-ring (bicyclic) bond motifs is 1. The van der Waals surface area contributed by atoms with Crippen LogP contribution >= 0.6 is 0 Å². The normalized spacial score (nSPS) is 14.6. The molecule has 168 valence electrons. The Morgan fingerprint density at radius 1 is 1.19 bits per heavy atom. The molecule has 0 saturated heterocycles. The van der Waals surface area contributed by atoms with Gasteiger partial charge in [-0.3, -0.25) is 0 Å². The summed E-state index contributed by atoms with van der Waals surface area (Å²) in [6, 6.07) is 10.4. The Hall–Kier alpha value is -3.35. The van der Waals surface area contributed by atoms with E-state index in [0.29, 0.717) is 25.2 Å².